The summed E-state index contributed by atoms with van der Waals surface area (Å²) in [5, 5.41) is 0.932. The SMILES string of the molecule is [2H]c1nc(-c2cccc(Br)c2)sc1[2H]. The molecular formula is C9H6BrNS. The van der Waals surface area contributed by atoms with Gasteiger partial charge in [0.2, 0.25) is 0 Å². The maximum Gasteiger partial charge on any atom is 0.123 e. The van der Waals surface area contributed by atoms with Crippen LogP contribution in [0.3, 0.4) is 0 Å². The van der Waals surface area contributed by atoms with Crippen LogP contribution in [0.2, 0.25) is 0 Å². The van der Waals surface area contributed by atoms with E-state index in [2.05, 4.69) is 20.9 Å². The molecule has 0 radical (unpaired) electrons. The highest BCUT2D eigenvalue weighted by Crippen LogP contribution is 2.24. The van der Waals surface area contributed by atoms with E-state index in [-0.39, 0.29) is 11.5 Å². The Hall–Kier alpha value is -0.670. The molecule has 12 heavy (non-hydrogen) atoms. The van der Waals surface area contributed by atoms with Crippen molar-refractivity contribution >= 4 is 27.3 Å². The van der Waals surface area contributed by atoms with Crippen LogP contribution >= 0.6 is 27.3 Å². The summed E-state index contributed by atoms with van der Waals surface area (Å²) in [6.45, 7) is 0. The van der Waals surface area contributed by atoms with Gasteiger partial charge in [0.15, 0.2) is 0 Å². The van der Waals surface area contributed by atoms with Gasteiger partial charge in [-0.3, -0.25) is 0 Å². The second-order valence-corrected chi connectivity index (χ2v) is 3.95. The third-order valence-corrected chi connectivity index (χ3v) is 2.63. The molecule has 0 amide bonds. The van der Waals surface area contributed by atoms with Crippen LogP contribution in [-0.2, 0) is 0 Å². The summed E-state index contributed by atoms with van der Waals surface area (Å²) in [4.78, 5) is 4.00. The number of nitrogens with zero attached hydrogens (tertiary/aromatic N) is 1. The Balaban J connectivity index is 2.49. The average molecular weight is 242 g/mol. The number of hydrogen-bond donors (Lipinski definition) is 0. The fourth-order valence-corrected chi connectivity index (χ4v) is 1.84. The van der Waals surface area contributed by atoms with Crippen molar-refractivity contribution in [1.29, 1.82) is 0 Å². The van der Waals surface area contributed by atoms with Crippen molar-refractivity contribution in [1.82, 2.24) is 4.98 Å². The summed E-state index contributed by atoms with van der Waals surface area (Å²) in [5.74, 6) is 0. The van der Waals surface area contributed by atoms with Crippen molar-refractivity contribution in [2.75, 3.05) is 0 Å². The third kappa shape index (κ3) is 1.57. The first-order chi connectivity index (χ1) is 6.66. The van der Waals surface area contributed by atoms with Crippen molar-refractivity contribution < 1.29 is 2.74 Å². The molecule has 0 aliphatic rings. The fraction of sp³-hybridized carbons (Fsp3) is 0. The van der Waals surface area contributed by atoms with Gasteiger partial charge in [0.1, 0.15) is 5.01 Å². The summed E-state index contributed by atoms with van der Waals surface area (Å²) in [6, 6.07) is 7.69. The minimum Gasteiger partial charge on any atom is -0.245 e. The van der Waals surface area contributed by atoms with Crippen LogP contribution in [0.1, 0.15) is 2.74 Å². The van der Waals surface area contributed by atoms with Crippen molar-refractivity contribution in [3.8, 4) is 10.6 Å². The predicted molar refractivity (Wildman–Crippen MR) is 55.3 cm³/mol. The zero-order valence-corrected chi connectivity index (χ0v) is 8.45. The number of aromatic nitrogens is 1. The highest BCUT2D eigenvalue weighted by molar-refractivity contribution is 9.10. The first-order valence-corrected chi connectivity index (χ1v) is 4.98. The molecule has 3 heteroatoms. The fourth-order valence-electron chi connectivity index (χ4n) is 0.913. The van der Waals surface area contributed by atoms with E-state index in [1.807, 2.05) is 24.3 Å². The summed E-state index contributed by atoms with van der Waals surface area (Å²) in [7, 11) is 0. The molecule has 0 fully saturated rings. The molecule has 1 nitrogen and oxygen atoms in total. The average Bonchev–Trinajstić information content (AvgIpc) is 2.47. The second kappa shape index (κ2) is 3.37. The van der Waals surface area contributed by atoms with E-state index in [9.17, 15) is 0 Å². The molecule has 0 bridgehead atoms. The topological polar surface area (TPSA) is 12.9 Å². The molecular weight excluding hydrogens is 234 g/mol. The Bertz CT molecular complexity index is 450. The highest BCUT2D eigenvalue weighted by atomic mass is 79.9. The van der Waals surface area contributed by atoms with Gasteiger partial charge in [-0.1, -0.05) is 28.1 Å². The van der Waals surface area contributed by atoms with Gasteiger partial charge in [-0.25, -0.2) is 4.98 Å². The van der Waals surface area contributed by atoms with E-state index in [1.165, 1.54) is 11.3 Å². The van der Waals surface area contributed by atoms with Gasteiger partial charge in [0.25, 0.3) is 0 Å². The molecule has 0 saturated carbocycles. The standard InChI is InChI=1S/C9H6BrNS/c10-8-3-1-2-7(6-8)9-11-4-5-12-9/h1-6H/i4D,5D. The zero-order chi connectivity index (χ0) is 10.1. The summed E-state index contributed by atoms with van der Waals surface area (Å²) in [5.41, 5.74) is 0.941. The number of hydrogen-bond acceptors (Lipinski definition) is 2. The summed E-state index contributed by atoms with van der Waals surface area (Å²) >= 11 is 4.59. The third-order valence-electron chi connectivity index (χ3n) is 1.42. The molecule has 0 unspecified atom stereocenters. The summed E-state index contributed by atoms with van der Waals surface area (Å²) in [6.07, 6.45) is 0.0463. The van der Waals surface area contributed by atoms with E-state index in [1.54, 1.807) is 0 Å². The van der Waals surface area contributed by atoms with E-state index in [4.69, 9.17) is 2.74 Å². The van der Waals surface area contributed by atoms with Crippen LogP contribution in [0.5, 0.6) is 0 Å². The molecule has 0 spiro atoms. The largest absolute Gasteiger partial charge is 0.245 e. The maximum absolute atomic E-state index is 7.40. The van der Waals surface area contributed by atoms with Crippen LogP contribution in [0.15, 0.2) is 40.3 Å². The molecule has 1 aromatic carbocycles. The lowest BCUT2D eigenvalue weighted by Gasteiger charge is -1.95. The van der Waals surface area contributed by atoms with Crippen LogP contribution in [0, 0.1) is 0 Å². The number of thiazole rings is 1. The Morgan fingerprint density at radius 3 is 3.08 bits per heavy atom. The monoisotopic (exact) mass is 241 g/mol. The van der Waals surface area contributed by atoms with Crippen molar-refractivity contribution in [3.63, 3.8) is 0 Å². The number of benzene rings is 1. The van der Waals surface area contributed by atoms with Crippen molar-refractivity contribution in [2.45, 2.75) is 0 Å². The molecule has 60 valence electrons. The van der Waals surface area contributed by atoms with Gasteiger partial charge in [-0.15, -0.1) is 11.3 Å². The predicted octanol–water partition coefficient (Wildman–Crippen LogP) is 3.57. The lowest BCUT2D eigenvalue weighted by molar-refractivity contribution is 1.41. The van der Waals surface area contributed by atoms with Gasteiger partial charge < -0.3 is 0 Å². The zero-order valence-electron chi connectivity index (χ0n) is 8.04. The maximum atomic E-state index is 7.40. The van der Waals surface area contributed by atoms with Crippen LogP contribution in [0.4, 0.5) is 0 Å². The first-order valence-electron chi connectivity index (χ1n) is 4.37. The van der Waals surface area contributed by atoms with Crippen LogP contribution < -0.4 is 0 Å². The van der Waals surface area contributed by atoms with Crippen molar-refractivity contribution in [2.24, 2.45) is 0 Å². The van der Waals surface area contributed by atoms with Crippen molar-refractivity contribution in [3.05, 3.63) is 40.3 Å². The van der Waals surface area contributed by atoms with Gasteiger partial charge >= 0.3 is 0 Å². The molecule has 2 aromatic rings. The van der Waals surface area contributed by atoms with Crippen LogP contribution in [-0.4, -0.2) is 4.98 Å². The molecule has 0 atom stereocenters. The molecule has 0 aliphatic heterocycles. The lowest BCUT2D eigenvalue weighted by atomic mass is 10.2. The smallest absolute Gasteiger partial charge is 0.123 e. The molecule has 0 saturated heterocycles. The molecule has 0 N–H and O–H groups in total. The molecule has 2 rings (SSSR count). The molecule has 0 aliphatic carbocycles. The highest BCUT2D eigenvalue weighted by Gasteiger charge is 1.98. The Morgan fingerprint density at radius 2 is 2.42 bits per heavy atom. The molecule has 1 heterocycles. The van der Waals surface area contributed by atoms with E-state index >= 15 is 0 Å². The number of halogens is 1. The Kier molecular flexibility index (Phi) is 1.65. The minimum atomic E-state index is 0.0463. The van der Waals surface area contributed by atoms with Gasteiger partial charge in [0.05, 0.1) is 2.74 Å². The Labute approximate surface area is 86.0 Å². The van der Waals surface area contributed by atoms with E-state index in [0.29, 0.717) is 0 Å². The van der Waals surface area contributed by atoms with Gasteiger partial charge in [-0.2, -0.15) is 0 Å². The quantitative estimate of drug-likeness (QED) is 0.744. The first kappa shape index (κ1) is 5.89. The normalized spacial score (nSPS) is 12.4. The van der Waals surface area contributed by atoms with Crippen LogP contribution in [0.25, 0.3) is 10.6 Å². The number of rotatable bonds is 1. The Morgan fingerprint density at radius 1 is 1.50 bits per heavy atom. The van der Waals surface area contributed by atoms with Gasteiger partial charge in [0, 0.05) is 21.6 Å². The lowest BCUT2D eigenvalue weighted by Crippen LogP contribution is -1.73. The minimum absolute atomic E-state index is 0.0463. The van der Waals surface area contributed by atoms with Gasteiger partial charge in [-0.05, 0) is 12.1 Å². The van der Waals surface area contributed by atoms with E-state index in [0.717, 1.165) is 15.0 Å². The van der Waals surface area contributed by atoms with E-state index < -0.39 is 0 Å². The summed E-state index contributed by atoms with van der Waals surface area (Å²) < 4.78 is 15.7. The second-order valence-electron chi connectivity index (χ2n) is 2.24. The molecule has 1 aromatic heterocycles.